The summed E-state index contributed by atoms with van der Waals surface area (Å²) >= 11 is 8.07. The van der Waals surface area contributed by atoms with Gasteiger partial charge in [0.25, 0.3) is 0 Å². The highest BCUT2D eigenvalue weighted by atomic mass is 35.5. The molecule has 2 N–H and O–H groups in total. The highest BCUT2D eigenvalue weighted by molar-refractivity contribution is 7.90. The Labute approximate surface area is 219 Å². The van der Waals surface area contributed by atoms with Crippen molar-refractivity contribution in [3.05, 3.63) is 87.9 Å². The van der Waals surface area contributed by atoms with Gasteiger partial charge in [0.05, 0.1) is 23.6 Å². The van der Waals surface area contributed by atoms with Gasteiger partial charge in [0.2, 0.25) is 10.0 Å². The third-order valence-electron chi connectivity index (χ3n) is 6.88. The fourth-order valence-corrected chi connectivity index (χ4v) is 7.80. The van der Waals surface area contributed by atoms with Crippen LogP contribution in [-0.4, -0.2) is 37.0 Å². The lowest BCUT2D eigenvalue weighted by molar-refractivity contribution is 0.0232. The second kappa shape index (κ2) is 9.20. The summed E-state index contributed by atoms with van der Waals surface area (Å²) in [6.45, 7) is 0.794. The van der Waals surface area contributed by atoms with Crippen molar-refractivity contribution in [1.82, 2.24) is 9.71 Å². The van der Waals surface area contributed by atoms with Crippen molar-refractivity contribution in [2.45, 2.75) is 36.2 Å². The zero-order valence-corrected chi connectivity index (χ0v) is 21.7. The average molecular weight is 541 g/mol. The Morgan fingerprint density at radius 3 is 2.72 bits per heavy atom. The quantitative estimate of drug-likeness (QED) is 0.328. The number of fused-ring (bicyclic) bond motifs is 1. The summed E-state index contributed by atoms with van der Waals surface area (Å²) in [5.74, 6) is 0. The minimum absolute atomic E-state index is 0.268. The molecule has 0 amide bonds. The van der Waals surface area contributed by atoms with Crippen molar-refractivity contribution in [2.75, 3.05) is 13.2 Å². The minimum Gasteiger partial charge on any atom is -0.383 e. The lowest BCUT2D eigenvalue weighted by Crippen LogP contribution is -2.31. The Bertz CT molecular complexity index is 1540. The monoisotopic (exact) mass is 540 g/mol. The first-order chi connectivity index (χ1) is 17.3. The molecule has 1 aliphatic heterocycles. The summed E-state index contributed by atoms with van der Waals surface area (Å²) < 4.78 is 35.3. The second-order valence-electron chi connectivity index (χ2n) is 9.45. The van der Waals surface area contributed by atoms with E-state index in [1.807, 2.05) is 54.6 Å². The number of halogens is 1. The number of aliphatic hydroxyl groups is 1. The number of aromatic nitrogens is 1. The van der Waals surface area contributed by atoms with E-state index in [0.29, 0.717) is 30.9 Å². The molecule has 2 aliphatic rings. The summed E-state index contributed by atoms with van der Waals surface area (Å²) in [4.78, 5) is 5.46. The minimum atomic E-state index is -3.47. The summed E-state index contributed by atoms with van der Waals surface area (Å²) in [5, 5.41) is 12.2. The van der Waals surface area contributed by atoms with Gasteiger partial charge in [-0.25, -0.2) is 13.1 Å². The van der Waals surface area contributed by atoms with Crippen molar-refractivity contribution in [3.8, 4) is 11.3 Å². The van der Waals surface area contributed by atoms with E-state index in [-0.39, 0.29) is 11.9 Å². The van der Waals surface area contributed by atoms with Crippen LogP contribution in [0.4, 0.5) is 0 Å². The lowest BCUT2D eigenvalue weighted by atomic mass is 9.92. The predicted octanol–water partition coefficient (Wildman–Crippen LogP) is 5.40. The van der Waals surface area contributed by atoms with Crippen molar-refractivity contribution in [3.63, 3.8) is 0 Å². The van der Waals surface area contributed by atoms with E-state index in [1.165, 1.54) is 11.3 Å². The highest BCUT2D eigenvalue weighted by Crippen LogP contribution is 2.41. The van der Waals surface area contributed by atoms with Gasteiger partial charge in [-0.3, -0.25) is 4.98 Å². The second-order valence-corrected chi connectivity index (χ2v) is 12.9. The molecule has 2 fully saturated rings. The van der Waals surface area contributed by atoms with E-state index < -0.39 is 21.7 Å². The summed E-state index contributed by atoms with van der Waals surface area (Å²) in [6.07, 6.45) is 3.62. The Kier molecular flexibility index (Phi) is 6.14. The van der Waals surface area contributed by atoms with E-state index >= 15 is 0 Å². The fraction of sp³-hybridized carbons (Fsp3) is 0.296. The molecule has 1 saturated carbocycles. The van der Waals surface area contributed by atoms with E-state index in [9.17, 15) is 13.5 Å². The van der Waals surface area contributed by atoms with Crippen LogP contribution in [0.1, 0.15) is 41.3 Å². The number of rotatable bonds is 7. The molecule has 186 valence electrons. The molecule has 2 aromatic heterocycles. The van der Waals surface area contributed by atoms with Crippen LogP contribution in [0.5, 0.6) is 0 Å². The van der Waals surface area contributed by atoms with Gasteiger partial charge < -0.3 is 9.84 Å². The first-order valence-corrected chi connectivity index (χ1v) is 14.6. The summed E-state index contributed by atoms with van der Waals surface area (Å²) in [6, 6.07) is 18.5. The van der Waals surface area contributed by atoms with Crippen molar-refractivity contribution < 1.29 is 18.3 Å². The molecule has 6 rings (SSSR count). The standard InChI is InChI=1S/C27H25ClN2O4S2/c28-22-7-2-1-5-20(22)25(30-36(32,33)19-8-9-19)24-14-17-4-3-6-21(26(17)35-24)23-15-18(10-12-29-23)27(31)11-13-34-16-27/h1-7,10,12,14-15,19,25,30-31H,8-9,11,13,16H2/t25-,27+/m1/s1. The number of nitrogens with one attached hydrogen (secondary N) is 1. The maximum Gasteiger partial charge on any atom is 0.215 e. The van der Waals surface area contributed by atoms with Crippen LogP contribution in [0.15, 0.2) is 66.9 Å². The van der Waals surface area contributed by atoms with Crippen molar-refractivity contribution in [1.29, 1.82) is 0 Å². The van der Waals surface area contributed by atoms with Gasteiger partial charge in [-0.1, -0.05) is 48.0 Å². The molecule has 0 bridgehead atoms. The van der Waals surface area contributed by atoms with Crippen molar-refractivity contribution >= 4 is 43.0 Å². The van der Waals surface area contributed by atoms with Gasteiger partial charge in [0, 0.05) is 39.4 Å². The number of thiophene rings is 1. The van der Waals surface area contributed by atoms with Gasteiger partial charge in [-0.15, -0.1) is 11.3 Å². The van der Waals surface area contributed by atoms with Crippen LogP contribution in [-0.2, 0) is 20.4 Å². The molecule has 9 heteroatoms. The van der Waals surface area contributed by atoms with Crippen LogP contribution in [0.3, 0.4) is 0 Å². The van der Waals surface area contributed by atoms with Crippen LogP contribution >= 0.6 is 22.9 Å². The molecule has 3 heterocycles. The molecule has 2 aromatic carbocycles. The molecule has 36 heavy (non-hydrogen) atoms. The van der Waals surface area contributed by atoms with Crippen molar-refractivity contribution in [2.24, 2.45) is 0 Å². The largest absolute Gasteiger partial charge is 0.383 e. The summed E-state index contributed by atoms with van der Waals surface area (Å²) in [7, 11) is -3.47. The topological polar surface area (TPSA) is 88.5 Å². The van der Waals surface area contributed by atoms with E-state index in [4.69, 9.17) is 16.3 Å². The zero-order valence-electron chi connectivity index (χ0n) is 19.4. The highest BCUT2D eigenvalue weighted by Gasteiger charge is 2.38. The van der Waals surface area contributed by atoms with Crippen LogP contribution in [0.2, 0.25) is 5.02 Å². The maximum atomic E-state index is 13.0. The number of hydrogen-bond donors (Lipinski definition) is 2. The third-order valence-corrected chi connectivity index (χ3v) is 10.4. The lowest BCUT2D eigenvalue weighted by Gasteiger charge is -2.21. The van der Waals surface area contributed by atoms with Gasteiger partial charge in [0.15, 0.2) is 0 Å². The van der Waals surface area contributed by atoms with Gasteiger partial charge in [-0.2, -0.15) is 0 Å². The smallest absolute Gasteiger partial charge is 0.215 e. The molecule has 6 nitrogen and oxygen atoms in total. The number of sulfonamides is 1. The van der Waals surface area contributed by atoms with Gasteiger partial charge in [0.1, 0.15) is 5.60 Å². The van der Waals surface area contributed by atoms with E-state index in [0.717, 1.165) is 37.3 Å². The average Bonchev–Trinajstić information content (AvgIpc) is 3.52. The molecule has 0 unspecified atom stereocenters. The third kappa shape index (κ3) is 4.47. The Morgan fingerprint density at radius 2 is 1.97 bits per heavy atom. The maximum absolute atomic E-state index is 13.0. The van der Waals surface area contributed by atoms with Gasteiger partial charge in [-0.05, 0) is 53.6 Å². The fourth-order valence-electron chi connectivity index (χ4n) is 4.70. The predicted molar refractivity (Wildman–Crippen MR) is 143 cm³/mol. The van der Waals surface area contributed by atoms with E-state index in [1.54, 1.807) is 12.3 Å². The van der Waals surface area contributed by atoms with Crippen LogP contribution < -0.4 is 4.72 Å². The first-order valence-electron chi connectivity index (χ1n) is 11.9. The molecule has 1 saturated heterocycles. The molecular weight excluding hydrogens is 516 g/mol. The van der Waals surface area contributed by atoms with E-state index in [2.05, 4.69) is 9.71 Å². The summed E-state index contributed by atoms with van der Waals surface area (Å²) in [5.41, 5.74) is 2.17. The van der Waals surface area contributed by atoms with Crippen LogP contribution in [0.25, 0.3) is 21.3 Å². The number of ether oxygens (including phenoxy) is 1. The number of benzene rings is 2. The Hall–Kier alpha value is -2.33. The number of pyridine rings is 1. The number of nitrogens with zero attached hydrogens (tertiary/aromatic N) is 1. The first kappa shape index (κ1) is 24.0. The van der Waals surface area contributed by atoms with Crippen LogP contribution in [0, 0.1) is 0 Å². The molecule has 1 aliphatic carbocycles. The molecule has 0 spiro atoms. The zero-order chi connectivity index (χ0) is 24.9. The Balaban J connectivity index is 1.45. The molecule has 2 atom stereocenters. The molecular formula is C27H25ClN2O4S2. The Morgan fingerprint density at radius 1 is 1.14 bits per heavy atom. The SMILES string of the molecule is O=S(=O)(N[C@@H](c1cc2cccc(-c3cc([C@]4(O)CCOC4)ccn3)c2s1)c1ccccc1Cl)C1CC1. The normalized spacial score (nSPS) is 21.2. The number of hydrogen-bond acceptors (Lipinski definition) is 6. The van der Waals surface area contributed by atoms with Gasteiger partial charge >= 0.3 is 0 Å². The molecule has 0 radical (unpaired) electrons. The molecule has 4 aromatic rings.